The maximum absolute atomic E-state index is 12.3. The molecule has 3 aromatic rings. The molecule has 0 radical (unpaired) electrons. The van der Waals surface area contributed by atoms with Gasteiger partial charge in [0.1, 0.15) is 15.9 Å². The van der Waals surface area contributed by atoms with Gasteiger partial charge in [0.2, 0.25) is 0 Å². The number of carbonyl (C=O) groups is 1. The summed E-state index contributed by atoms with van der Waals surface area (Å²) in [5, 5.41) is 0.584. The normalized spacial score (nSPS) is 11.2. The fourth-order valence-corrected chi connectivity index (χ4v) is 3.15. The van der Waals surface area contributed by atoms with E-state index in [0.717, 1.165) is 11.6 Å². The average Bonchev–Trinajstić information content (AvgIpc) is 2.61. The zero-order valence-corrected chi connectivity index (χ0v) is 13.8. The number of rotatable bonds is 4. The first-order valence-corrected chi connectivity index (χ1v) is 8.73. The fraction of sp³-hybridized carbons (Fsp3) is 0. The van der Waals surface area contributed by atoms with Crippen molar-refractivity contribution in [2.75, 3.05) is 0 Å². The number of hydrogen-bond donors (Lipinski definition) is 0. The molecule has 0 spiro atoms. The molecule has 0 aliphatic heterocycles. The minimum absolute atomic E-state index is 0.181. The molecule has 0 atom stereocenters. The van der Waals surface area contributed by atoms with Crippen molar-refractivity contribution in [1.29, 1.82) is 0 Å². The zero-order valence-electron chi connectivity index (χ0n) is 13.0. The van der Waals surface area contributed by atoms with Crippen molar-refractivity contribution in [1.82, 2.24) is 0 Å². The van der Waals surface area contributed by atoms with Crippen molar-refractivity contribution < 1.29 is 22.5 Å². The fourth-order valence-electron chi connectivity index (χ4n) is 2.46. The predicted molar refractivity (Wildman–Crippen MR) is 93.4 cm³/mol. The quantitative estimate of drug-likeness (QED) is 0.406. The van der Waals surface area contributed by atoms with E-state index in [9.17, 15) is 17.8 Å². The number of esters is 1. The van der Waals surface area contributed by atoms with Gasteiger partial charge in [0.25, 0.3) is 0 Å². The monoisotopic (exact) mass is 353 g/mol. The molecule has 5 nitrogen and oxygen atoms in total. The Bertz CT molecular complexity index is 1070. The molecule has 0 fully saturated rings. The van der Waals surface area contributed by atoms with Gasteiger partial charge in [-0.3, -0.25) is 0 Å². The third-order valence-electron chi connectivity index (χ3n) is 3.70. The Hall–Kier alpha value is -2.96. The molecular weight excluding hydrogens is 340 g/mol. The highest BCUT2D eigenvalue weighted by molar-refractivity contribution is 7.86. The van der Waals surface area contributed by atoms with Crippen molar-refractivity contribution in [3.05, 3.63) is 78.4 Å². The molecule has 0 bridgehead atoms. The number of carbonyl (C=O) groups excluding carboxylic acids is 1. The maximum Gasteiger partial charge on any atom is 0.343 e. The van der Waals surface area contributed by atoms with Crippen LogP contribution in [-0.2, 0) is 10.1 Å². The van der Waals surface area contributed by atoms with Crippen LogP contribution in [0.25, 0.3) is 16.8 Å². The molecule has 3 aromatic carbocycles. The Balaban J connectivity index is 2.02. The second kappa shape index (κ2) is 6.51. The highest BCUT2D eigenvalue weighted by atomic mass is 32.2. The first kappa shape index (κ1) is 16.9. The van der Waals surface area contributed by atoms with E-state index in [1.165, 1.54) is 12.1 Å². The van der Waals surface area contributed by atoms with Crippen LogP contribution in [0.5, 0.6) is 5.75 Å². The summed E-state index contributed by atoms with van der Waals surface area (Å²) in [5.41, 5.74) is 1.21. The summed E-state index contributed by atoms with van der Waals surface area (Å²) in [5.74, 6) is -0.403. The minimum atomic E-state index is -4.63. The predicted octanol–water partition coefficient (Wildman–Crippen LogP) is 3.61. The second-order valence-electron chi connectivity index (χ2n) is 5.28. The molecule has 126 valence electrons. The van der Waals surface area contributed by atoms with Crippen LogP contribution >= 0.6 is 0 Å². The molecule has 0 aliphatic rings. The Labute approximate surface area is 144 Å². The van der Waals surface area contributed by atoms with Crippen molar-refractivity contribution in [2.24, 2.45) is 0 Å². The maximum atomic E-state index is 12.3. The van der Waals surface area contributed by atoms with Gasteiger partial charge in [-0.1, -0.05) is 49.1 Å². The van der Waals surface area contributed by atoms with E-state index in [2.05, 4.69) is 6.58 Å². The van der Waals surface area contributed by atoms with Crippen LogP contribution in [0.1, 0.15) is 15.9 Å². The van der Waals surface area contributed by atoms with Gasteiger partial charge in [-0.05, 0) is 29.8 Å². The van der Waals surface area contributed by atoms with E-state index in [0.29, 0.717) is 10.9 Å². The molecule has 0 aromatic heterocycles. The summed E-state index contributed by atoms with van der Waals surface area (Å²) in [6.45, 7) is 3.64. The highest BCUT2D eigenvalue weighted by Crippen LogP contribution is 2.31. The van der Waals surface area contributed by atoms with Crippen LogP contribution in [0.2, 0.25) is 0 Å². The topological polar surface area (TPSA) is 83.5 Å². The van der Waals surface area contributed by atoms with E-state index < -0.39 is 16.1 Å². The third kappa shape index (κ3) is 3.45. The molecule has 3 rings (SSSR count). The lowest BCUT2D eigenvalue weighted by Gasteiger charge is -2.13. The van der Waals surface area contributed by atoms with E-state index in [1.54, 1.807) is 48.5 Å². The lowest BCUT2D eigenvalue weighted by Crippen LogP contribution is -2.09. The van der Waals surface area contributed by atoms with Gasteiger partial charge in [-0.2, -0.15) is 0 Å². The van der Waals surface area contributed by atoms with Gasteiger partial charge in [-0.15, -0.1) is 0 Å². The first-order valence-electron chi connectivity index (χ1n) is 7.32. The van der Waals surface area contributed by atoms with Gasteiger partial charge in [0.15, 0.2) is 0 Å². The summed E-state index contributed by atoms with van der Waals surface area (Å²) in [7, 11) is -4.63. The molecule has 0 saturated carbocycles. The van der Waals surface area contributed by atoms with E-state index >= 15 is 0 Å². The van der Waals surface area contributed by atoms with Crippen LogP contribution in [0.3, 0.4) is 0 Å². The van der Waals surface area contributed by atoms with Gasteiger partial charge in [0.05, 0.1) is 10.5 Å². The minimum Gasteiger partial charge on any atom is -0.744 e. The van der Waals surface area contributed by atoms with Gasteiger partial charge in [-0.25, -0.2) is 13.2 Å². The van der Waals surface area contributed by atoms with Gasteiger partial charge < -0.3 is 9.29 Å². The third-order valence-corrected chi connectivity index (χ3v) is 4.59. The molecule has 0 N–H and O–H groups in total. The molecular formula is C19H13O5S-. The zero-order chi connectivity index (χ0) is 18.0. The Morgan fingerprint density at radius 1 is 0.960 bits per heavy atom. The van der Waals surface area contributed by atoms with Crippen molar-refractivity contribution in [3.8, 4) is 5.75 Å². The summed E-state index contributed by atoms with van der Waals surface area (Å²) in [4.78, 5) is 12.0. The number of hydrogen-bond acceptors (Lipinski definition) is 5. The number of ether oxygens (including phenoxy) is 1. The summed E-state index contributed by atoms with van der Waals surface area (Å²) >= 11 is 0. The SMILES string of the molecule is C=Cc1ccc(C(=O)Oc2ccc(S(=O)(=O)[O-])c3ccccc23)cc1. The van der Waals surface area contributed by atoms with Crippen LogP contribution in [0, 0.1) is 0 Å². The molecule has 0 aliphatic carbocycles. The van der Waals surface area contributed by atoms with Crippen molar-refractivity contribution in [3.63, 3.8) is 0 Å². The number of benzene rings is 3. The molecule has 0 saturated heterocycles. The molecule has 6 heteroatoms. The molecule has 0 amide bonds. The lowest BCUT2D eigenvalue weighted by atomic mass is 10.1. The largest absolute Gasteiger partial charge is 0.744 e. The summed E-state index contributed by atoms with van der Waals surface area (Å²) in [6, 6.07) is 15.5. The second-order valence-corrected chi connectivity index (χ2v) is 6.63. The summed E-state index contributed by atoms with van der Waals surface area (Å²) < 4.78 is 39.6. The first-order chi connectivity index (χ1) is 11.9. The van der Waals surface area contributed by atoms with Crippen molar-refractivity contribution >= 4 is 32.9 Å². The van der Waals surface area contributed by atoms with Crippen LogP contribution in [0.4, 0.5) is 0 Å². The standard InChI is InChI=1S/C19H14O5S/c1-2-13-7-9-14(10-8-13)19(20)24-17-11-12-18(25(21,22)23)16-6-4-3-5-15(16)17/h2-12H,1H2,(H,21,22,23)/p-1. The Morgan fingerprint density at radius 3 is 2.20 bits per heavy atom. The molecule has 25 heavy (non-hydrogen) atoms. The number of fused-ring (bicyclic) bond motifs is 1. The lowest BCUT2D eigenvalue weighted by molar-refractivity contribution is 0.0737. The van der Waals surface area contributed by atoms with E-state index in [-0.39, 0.29) is 16.0 Å². The Kier molecular flexibility index (Phi) is 4.39. The summed E-state index contributed by atoms with van der Waals surface area (Å²) in [6.07, 6.45) is 1.66. The van der Waals surface area contributed by atoms with Crippen LogP contribution < -0.4 is 4.74 Å². The highest BCUT2D eigenvalue weighted by Gasteiger charge is 2.14. The van der Waals surface area contributed by atoms with Crippen molar-refractivity contribution in [2.45, 2.75) is 4.90 Å². The smallest absolute Gasteiger partial charge is 0.343 e. The van der Waals surface area contributed by atoms with Gasteiger partial charge in [0, 0.05) is 10.8 Å². The van der Waals surface area contributed by atoms with Crippen LogP contribution in [0.15, 0.2) is 72.1 Å². The average molecular weight is 353 g/mol. The molecule has 0 unspecified atom stereocenters. The Morgan fingerprint density at radius 2 is 1.60 bits per heavy atom. The van der Waals surface area contributed by atoms with Gasteiger partial charge >= 0.3 is 5.97 Å². The van der Waals surface area contributed by atoms with E-state index in [1.807, 2.05) is 0 Å². The molecule has 0 heterocycles. The van der Waals surface area contributed by atoms with Crippen LogP contribution in [-0.4, -0.2) is 18.9 Å². The van der Waals surface area contributed by atoms with E-state index in [4.69, 9.17) is 4.74 Å².